The summed E-state index contributed by atoms with van der Waals surface area (Å²) in [6.45, 7) is 7.67. The standard InChI is InChI=1S/C23H30ClN7O3/c1-23(2,3)31-21-16(20(26)28-12-29-21)18(25)19-17(24)14-6-5-13(11-15(14)30-19)22(32)27-7-8-34-10-9-33-4/h5-6,11-12,25,30H,7-10H2,1-4H3,(H,27,32)(H3,26,28,29,31). The molecule has 0 bridgehead atoms. The Kier molecular flexibility index (Phi) is 8.08. The number of benzene rings is 1. The highest BCUT2D eigenvalue weighted by atomic mass is 35.5. The van der Waals surface area contributed by atoms with Crippen molar-refractivity contribution < 1.29 is 14.3 Å². The number of halogens is 1. The SMILES string of the molecule is COCCOCCNC(=O)c1ccc2c(Cl)c(C(=N)c3c(N)ncnc3NC(C)(C)C)[nH]c2c1. The average molecular weight is 488 g/mol. The topological polar surface area (TPSA) is 151 Å². The van der Waals surface area contributed by atoms with Gasteiger partial charge in [-0.1, -0.05) is 17.7 Å². The number of nitrogens with two attached hydrogens (primary N) is 1. The number of nitrogens with zero attached hydrogens (tertiary/aromatic N) is 2. The van der Waals surface area contributed by atoms with E-state index in [-0.39, 0.29) is 23.0 Å². The van der Waals surface area contributed by atoms with Gasteiger partial charge in [-0.25, -0.2) is 9.97 Å². The van der Waals surface area contributed by atoms with Crippen LogP contribution in [0.2, 0.25) is 5.02 Å². The van der Waals surface area contributed by atoms with Crippen molar-refractivity contribution in [3.05, 3.63) is 46.4 Å². The van der Waals surface area contributed by atoms with E-state index < -0.39 is 0 Å². The second kappa shape index (κ2) is 10.8. The van der Waals surface area contributed by atoms with Gasteiger partial charge in [0.2, 0.25) is 0 Å². The fourth-order valence-electron chi connectivity index (χ4n) is 3.28. The highest BCUT2D eigenvalue weighted by Crippen LogP contribution is 2.32. The van der Waals surface area contributed by atoms with Gasteiger partial charge in [0.05, 0.1) is 41.8 Å². The van der Waals surface area contributed by atoms with Gasteiger partial charge >= 0.3 is 0 Å². The highest BCUT2D eigenvalue weighted by molar-refractivity contribution is 6.40. The summed E-state index contributed by atoms with van der Waals surface area (Å²) in [7, 11) is 1.60. The molecule has 1 aromatic carbocycles. The zero-order chi connectivity index (χ0) is 24.9. The zero-order valence-electron chi connectivity index (χ0n) is 19.7. The number of aromatic nitrogens is 3. The Bertz CT molecular complexity index is 1190. The number of nitrogens with one attached hydrogen (secondary N) is 4. The van der Waals surface area contributed by atoms with Crippen LogP contribution in [0.1, 0.15) is 42.4 Å². The first-order chi connectivity index (χ1) is 16.1. The molecule has 0 spiro atoms. The number of ether oxygens (including phenoxy) is 2. The summed E-state index contributed by atoms with van der Waals surface area (Å²) in [6, 6.07) is 5.12. The highest BCUT2D eigenvalue weighted by Gasteiger charge is 2.23. The maximum absolute atomic E-state index is 12.5. The van der Waals surface area contributed by atoms with Crippen molar-refractivity contribution in [2.75, 3.05) is 44.5 Å². The molecule has 0 radical (unpaired) electrons. The van der Waals surface area contributed by atoms with Crippen LogP contribution in [0.4, 0.5) is 11.6 Å². The number of amides is 1. The van der Waals surface area contributed by atoms with Crippen molar-refractivity contribution in [2.45, 2.75) is 26.3 Å². The Morgan fingerprint density at radius 3 is 2.71 bits per heavy atom. The van der Waals surface area contributed by atoms with E-state index in [1.54, 1.807) is 25.3 Å². The first kappa shape index (κ1) is 25.4. The van der Waals surface area contributed by atoms with Gasteiger partial charge in [0.15, 0.2) is 0 Å². The molecule has 1 amide bonds. The maximum atomic E-state index is 12.5. The number of fused-ring (bicyclic) bond motifs is 1. The lowest BCUT2D eigenvalue weighted by Crippen LogP contribution is -2.28. The third kappa shape index (κ3) is 6.02. The maximum Gasteiger partial charge on any atom is 0.251 e. The lowest BCUT2D eigenvalue weighted by atomic mass is 10.1. The molecule has 0 aliphatic heterocycles. The van der Waals surface area contributed by atoms with Gasteiger partial charge < -0.3 is 30.8 Å². The fourth-order valence-corrected chi connectivity index (χ4v) is 3.59. The molecule has 0 saturated heterocycles. The van der Waals surface area contributed by atoms with Crippen LogP contribution in [0.3, 0.4) is 0 Å². The number of hydrogen-bond acceptors (Lipinski definition) is 8. The first-order valence-corrected chi connectivity index (χ1v) is 11.1. The number of hydrogen-bond donors (Lipinski definition) is 5. The van der Waals surface area contributed by atoms with E-state index in [1.807, 2.05) is 20.8 Å². The van der Waals surface area contributed by atoms with E-state index in [1.165, 1.54) is 6.33 Å². The van der Waals surface area contributed by atoms with Crippen LogP contribution in [-0.2, 0) is 9.47 Å². The molecule has 3 aromatic rings. The van der Waals surface area contributed by atoms with Crippen LogP contribution in [0.25, 0.3) is 10.9 Å². The Labute approximate surface area is 203 Å². The van der Waals surface area contributed by atoms with Gasteiger partial charge in [-0.3, -0.25) is 10.2 Å². The summed E-state index contributed by atoms with van der Waals surface area (Å²) in [5.41, 5.74) is 7.63. The van der Waals surface area contributed by atoms with Gasteiger partial charge in [0.1, 0.15) is 18.0 Å². The third-order valence-corrected chi connectivity index (χ3v) is 5.22. The minimum atomic E-state index is -0.308. The van der Waals surface area contributed by atoms with Crippen LogP contribution in [0.5, 0.6) is 0 Å². The lowest BCUT2D eigenvalue weighted by Gasteiger charge is -2.23. The number of anilines is 2. The quantitative estimate of drug-likeness (QED) is 0.217. The largest absolute Gasteiger partial charge is 0.383 e. The molecule has 0 unspecified atom stereocenters. The van der Waals surface area contributed by atoms with Gasteiger partial charge in [-0.15, -0.1) is 0 Å². The predicted octanol–water partition coefficient (Wildman–Crippen LogP) is 3.21. The summed E-state index contributed by atoms with van der Waals surface area (Å²) in [5.74, 6) is 0.360. The lowest BCUT2D eigenvalue weighted by molar-refractivity contribution is 0.0693. The van der Waals surface area contributed by atoms with Crippen LogP contribution < -0.4 is 16.4 Å². The third-order valence-electron chi connectivity index (χ3n) is 4.83. The summed E-state index contributed by atoms with van der Waals surface area (Å²) >= 11 is 6.61. The second-order valence-electron chi connectivity index (χ2n) is 8.67. The van der Waals surface area contributed by atoms with E-state index in [0.29, 0.717) is 64.9 Å². The van der Waals surface area contributed by atoms with Crippen molar-refractivity contribution in [3.8, 4) is 0 Å². The number of carbonyl (C=O) groups excluding carboxylic acids is 1. The number of aromatic amines is 1. The predicted molar refractivity (Wildman–Crippen MR) is 134 cm³/mol. The van der Waals surface area contributed by atoms with E-state index in [2.05, 4.69) is 25.6 Å². The van der Waals surface area contributed by atoms with Crippen molar-refractivity contribution in [1.82, 2.24) is 20.3 Å². The number of H-pyrrole nitrogens is 1. The smallest absolute Gasteiger partial charge is 0.251 e. The number of rotatable bonds is 10. The number of methoxy groups -OCH3 is 1. The van der Waals surface area contributed by atoms with Crippen molar-refractivity contribution in [3.63, 3.8) is 0 Å². The average Bonchev–Trinajstić information content (AvgIpc) is 3.10. The van der Waals surface area contributed by atoms with Crippen molar-refractivity contribution in [2.24, 2.45) is 0 Å². The normalized spacial score (nSPS) is 11.6. The molecule has 0 saturated carbocycles. The number of nitrogen functional groups attached to an aromatic ring is 1. The Morgan fingerprint density at radius 1 is 1.24 bits per heavy atom. The molecular formula is C23H30ClN7O3. The molecule has 2 heterocycles. The van der Waals surface area contributed by atoms with Crippen LogP contribution in [-0.4, -0.2) is 65.6 Å². The molecule has 0 aliphatic rings. The van der Waals surface area contributed by atoms with Crippen LogP contribution in [0.15, 0.2) is 24.5 Å². The van der Waals surface area contributed by atoms with Gasteiger partial charge in [0, 0.05) is 35.7 Å². The van der Waals surface area contributed by atoms with Crippen molar-refractivity contribution in [1.29, 1.82) is 5.41 Å². The second-order valence-corrected chi connectivity index (χ2v) is 9.05. The zero-order valence-corrected chi connectivity index (χ0v) is 20.5. The monoisotopic (exact) mass is 487 g/mol. The molecule has 0 fully saturated rings. The van der Waals surface area contributed by atoms with Gasteiger partial charge in [-0.05, 0) is 32.9 Å². The molecule has 0 atom stereocenters. The molecule has 11 heteroatoms. The van der Waals surface area contributed by atoms with E-state index in [4.69, 9.17) is 32.2 Å². The number of carbonyl (C=O) groups is 1. The molecule has 2 aromatic heterocycles. The fraction of sp³-hybridized carbons (Fsp3) is 0.391. The summed E-state index contributed by atoms with van der Waals surface area (Å²) in [4.78, 5) is 24.0. The van der Waals surface area contributed by atoms with Gasteiger partial charge in [0.25, 0.3) is 5.91 Å². The van der Waals surface area contributed by atoms with Gasteiger partial charge in [-0.2, -0.15) is 0 Å². The van der Waals surface area contributed by atoms with Crippen LogP contribution >= 0.6 is 11.6 Å². The Balaban J connectivity index is 1.84. The molecule has 0 aliphatic carbocycles. The van der Waals surface area contributed by atoms with Crippen molar-refractivity contribution >= 4 is 45.8 Å². The minimum absolute atomic E-state index is 0.0465. The molecule has 6 N–H and O–H groups in total. The van der Waals surface area contributed by atoms with Crippen LogP contribution in [0, 0.1) is 5.41 Å². The molecule has 182 valence electrons. The summed E-state index contributed by atoms with van der Waals surface area (Å²) in [5, 5.41) is 15.9. The van der Waals surface area contributed by atoms with E-state index >= 15 is 0 Å². The van der Waals surface area contributed by atoms with E-state index in [0.717, 1.165) is 0 Å². The first-order valence-electron chi connectivity index (χ1n) is 10.8. The minimum Gasteiger partial charge on any atom is -0.383 e. The Morgan fingerprint density at radius 2 is 2.00 bits per heavy atom. The molecular weight excluding hydrogens is 458 g/mol. The summed E-state index contributed by atoms with van der Waals surface area (Å²) in [6.07, 6.45) is 1.35. The Hall–Kier alpha value is -3.21. The molecule has 10 nitrogen and oxygen atoms in total. The summed E-state index contributed by atoms with van der Waals surface area (Å²) < 4.78 is 10.3. The van der Waals surface area contributed by atoms with E-state index in [9.17, 15) is 4.79 Å². The molecule has 34 heavy (non-hydrogen) atoms. The molecule has 3 rings (SSSR count).